The lowest BCUT2D eigenvalue weighted by Gasteiger charge is -1.99. The van der Waals surface area contributed by atoms with E-state index in [1.807, 2.05) is 12.1 Å². The first-order valence-electron chi connectivity index (χ1n) is 6.44. The summed E-state index contributed by atoms with van der Waals surface area (Å²) in [6.45, 7) is 0. The number of thiazole rings is 1. The molecule has 0 spiro atoms. The third-order valence-corrected chi connectivity index (χ3v) is 4.41. The second-order valence-corrected chi connectivity index (χ2v) is 6.06. The van der Waals surface area contributed by atoms with E-state index in [1.54, 1.807) is 24.3 Å². The van der Waals surface area contributed by atoms with Crippen LogP contribution >= 0.6 is 22.9 Å². The molecule has 0 saturated heterocycles. The molecule has 3 N–H and O–H groups in total. The van der Waals surface area contributed by atoms with Crippen LogP contribution in [0.25, 0.3) is 17.1 Å². The van der Waals surface area contributed by atoms with Crippen LogP contribution in [-0.2, 0) is 0 Å². The minimum atomic E-state index is -1.12. The number of rotatable bonds is 3. The van der Waals surface area contributed by atoms with Crippen molar-refractivity contribution >= 4 is 51.7 Å². The number of aromatic carboxylic acids is 1. The van der Waals surface area contributed by atoms with Crippen LogP contribution < -0.4 is 11.3 Å². The van der Waals surface area contributed by atoms with Crippen LogP contribution in [0.5, 0.6) is 0 Å². The Kier molecular flexibility index (Phi) is 3.89. The Labute approximate surface area is 139 Å². The van der Waals surface area contributed by atoms with Crippen molar-refractivity contribution in [2.75, 3.05) is 5.73 Å². The van der Waals surface area contributed by atoms with Gasteiger partial charge in [0.1, 0.15) is 9.90 Å². The lowest BCUT2D eigenvalue weighted by Crippen LogP contribution is -2.14. The molecule has 0 radical (unpaired) electrons. The molecule has 0 aliphatic carbocycles. The first-order chi connectivity index (χ1) is 11.0. The van der Waals surface area contributed by atoms with Crippen molar-refractivity contribution in [3.05, 3.63) is 62.0 Å². The van der Waals surface area contributed by atoms with Crippen molar-refractivity contribution in [1.82, 2.24) is 9.38 Å². The number of aromatic nitrogens is 2. The van der Waals surface area contributed by atoms with Gasteiger partial charge in [-0.2, -0.15) is 0 Å². The molecule has 116 valence electrons. The summed E-state index contributed by atoms with van der Waals surface area (Å²) in [6, 6.07) is 7.15. The lowest BCUT2D eigenvalue weighted by atomic mass is 10.2. The predicted octanol–water partition coefficient (Wildman–Crippen LogP) is 2.86. The van der Waals surface area contributed by atoms with Crippen molar-refractivity contribution in [3.63, 3.8) is 0 Å². The average Bonchev–Trinajstić information content (AvgIpc) is 2.95. The maximum Gasteiger partial charge on any atom is 0.347 e. The number of nitrogens with zero attached hydrogens (tertiary/aromatic N) is 2. The molecule has 6 nitrogen and oxygen atoms in total. The summed E-state index contributed by atoms with van der Waals surface area (Å²) in [5.41, 5.74) is 6.92. The second kappa shape index (κ2) is 5.86. The molecule has 3 rings (SSSR count). The maximum atomic E-state index is 12.2. The molecule has 0 saturated carbocycles. The van der Waals surface area contributed by atoms with E-state index in [2.05, 4.69) is 4.98 Å². The molecule has 1 aromatic carbocycles. The van der Waals surface area contributed by atoms with Gasteiger partial charge in [-0.3, -0.25) is 9.20 Å². The monoisotopic (exact) mass is 347 g/mol. The van der Waals surface area contributed by atoms with Gasteiger partial charge in [0.15, 0.2) is 4.96 Å². The SMILES string of the molecule is Nc1ccc(/C=C/c2nc3sc(C(=O)O)cn3c(=O)c2Cl)cc1. The van der Waals surface area contributed by atoms with Crippen LogP contribution in [0.15, 0.2) is 35.3 Å². The molecular weight excluding hydrogens is 338 g/mol. The normalized spacial score (nSPS) is 11.3. The molecule has 0 aliphatic rings. The Morgan fingerprint density at radius 3 is 2.65 bits per heavy atom. The summed E-state index contributed by atoms with van der Waals surface area (Å²) in [6.07, 6.45) is 4.57. The minimum Gasteiger partial charge on any atom is -0.477 e. The van der Waals surface area contributed by atoms with Gasteiger partial charge < -0.3 is 10.8 Å². The lowest BCUT2D eigenvalue weighted by molar-refractivity contribution is 0.0702. The highest BCUT2D eigenvalue weighted by Gasteiger charge is 2.14. The van der Waals surface area contributed by atoms with E-state index < -0.39 is 11.5 Å². The zero-order valence-electron chi connectivity index (χ0n) is 11.6. The van der Waals surface area contributed by atoms with E-state index in [1.165, 1.54) is 6.20 Å². The number of anilines is 1. The number of fused-ring (bicyclic) bond motifs is 1. The van der Waals surface area contributed by atoms with Crippen molar-refractivity contribution in [2.24, 2.45) is 0 Å². The number of benzene rings is 1. The van der Waals surface area contributed by atoms with E-state index >= 15 is 0 Å². The first kappa shape index (κ1) is 15.3. The van der Waals surface area contributed by atoms with Crippen LogP contribution in [0.4, 0.5) is 5.69 Å². The van der Waals surface area contributed by atoms with Crippen LogP contribution in [0.2, 0.25) is 5.02 Å². The van der Waals surface area contributed by atoms with Gasteiger partial charge in [-0.15, -0.1) is 0 Å². The van der Waals surface area contributed by atoms with Crippen molar-refractivity contribution in [1.29, 1.82) is 0 Å². The third kappa shape index (κ3) is 2.96. The van der Waals surface area contributed by atoms with Crippen molar-refractivity contribution < 1.29 is 9.90 Å². The number of carboxylic acids is 1. The molecule has 3 aromatic rings. The molecule has 0 atom stereocenters. The second-order valence-electron chi connectivity index (χ2n) is 4.67. The number of nitrogens with two attached hydrogens (primary N) is 1. The standard InChI is InChI=1S/C15H10ClN3O3S/c16-12-10(6-3-8-1-4-9(17)5-2-8)18-15-19(13(12)20)7-11(23-15)14(21)22/h1-7H,17H2,(H,21,22)/b6-3+. The van der Waals surface area contributed by atoms with Gasteiger partial charge in [-0.05, 0) is 23.8 Å². The summed E-state index contributed by atoms with van der Waals surface area (Å²) in [5.74, 6) is -1.12. The van der Waals surface area contributed by atoms with Crippen LogP contribution in [0.3, 0.4) is 0 Å². The average molecular weight is 348 g/mol. The Balaban J connectivity index is 2.07. The number of carboxylic acid groups (broad SMARTS) is 1. The van der Waals surface area contributed by atoms with E-state index in [0.29, 0.717) is 5.69 Å². The molecule has 0 aliphatic heterocycles. The summed E-state index contributed by atoms with van der Waals surface area (Å²) in [5, 5.41) is 8.93. The molecule has 2 aromatic heterocycles. The number of hydrogen-bond acceptors (Lipinski definition) is 5. The largest absolute Gasteiger partial charge is 0.477 e. The van der Waals surface area contributed by atoms with Gasteiger partial charge >= 0.3 is 5.97 Å². The summed E-state index contributed by atoms with van der Waals surface area (Å²) in [7, 11) is 0. The van der Waals surface area contributed by atoms with Crippen molar-refractivity contribution in [2.45, 2.75) is 0 Å². The van der Waals surface area contributed by atoms with Crippen LogP contribution in [-0.4, -0.2) is 20.5 Å². The number of nitrogen functional groups attached to an aromatic ring is 1. The number of hydrogen-bond donors (Lipinski definition) is 2. The Hall–Kier alpha value is -2.64. The Morgan fingerprint density at radius 1 is 1.30 bits per heavy atom. The van der Waals surface area contributed by atoms with E-state index in [-0.39, 0.29) is 20.6 Å². The zero-order chi connectivity index (χ0) is 16.6. The molecule has 0 amide bonds. The van der Waals surface area contributed by atoms with E-state index in [9.17, 15) is 9.59 Å². The van der Waals surface area contributed by atoms with Gasteiger partial charge in [0.2, 0.25) is 0 Å². The topological polar surface area (TPSA) is 97.7 Å². The molecule has 0 fully saturated rings. The smallest absolute Gasteiger partial charge is 0.347 e. The van der Waals surface area contributed by atoms with E-state index in [4.69, 9.17) is 22.4 Å². The summed E-state index contributed by atoms with van der Waals surface area (Å²) in [4.78, 5) is 27.7. The maximum absolute atomic E-state index is 12.2. The molecule has 2 heterocycles. The fourth-order valence-corrected chi connectivity index (χ4v) is 2.94. The van der Waals surface area contributed by atoms with Gasteiger partial charge in [-0.1, -0.05) is 41.1 Å². The Bertz CT molecular complexity index is 990. The number of carbonyl (C=O) groups is 1. The highest BCUT2D eigenvalue weighted by molar-refractivity contribution is 7.18. The summed E-state index contributed by atoms with van der Waals surface area (Å²) < 4.78 is 1.14. The van der Waals surface area contributed by atoms with Crippen LogP contribution in [0.1, 0.15) is 20.9 Å². The van der Waals surface area contributed by atoms with Gasteiger partial charge in [0.05, 0.1) is 5.69 Å². The molecule has 23 heavy (non-hydrogen) atoms. The molecule has 8 heteroatoms. The highest BCUT2D eigenvalue weighted by atomic mass is 35.5. The first-order valence-corrected chi connectivity index (χ1v) is 7.64. The molecular formula is C15H10ClN3O3S. The van der Waals surface area contributed by atoms with Crippen LogP contribution in [0, 0.1) is 0 Å². The van der Waals surface area contributed by atoms with Crippen molar-refractivity contribution in [3.8, 4) is 0 Å². The van der Waals surface area contributed by atoms with Gasteiger partial charge in [0.25, 0.3) is 5.56 Å². The highest BCUT2D eigenvalue weighted by Crippen LogP contribution is 2.20. The molecule has 0 unspecified atom stereocenters. The number of halogens is 1. The van der Waals surface area contributed by atoms with Gasteiger partial charge in [-0.25, -0.2) is 9.78 Å². The fraction of sp³-hybridized carbons (Fsp3) is 0. The zero-order valence-corrected chi connectivity index (χ0v) is 13.1. The van der Waals surface area contributed by atoms with E-state index in [0.717, 1.165) is 21.3 Å². The summed E-state index contributed by atoms with van der Waals surface area (Å²) >= 11 is 6.95. The predicted molar refractivity (Wildman–Crippen MR) is 91.1 cm³/mol. The molecule has 0 bridgehead atoms. The Morgan fingerprint density at radius 2 is 2.00 bits per heavy atom. The quantitative estimate of drug-likeness (QED) is 0.710. The van der Waals surface area contributed by atoms with Gasteiger partial charge in [0, 0.05) is 11.9 Å². The minimum absolute atomic E-state index is 0.0188. The fourth-order valence-electron chi connectivity index (χ4n) is 1.93. The third-order valence-electron chi connectivity index (χ3n) is 3.08.